The number of nitrogens with zero attached hydrogens (tertiary/aromatic N) is 1. The van der Waals surface area contributed by atoms with E-state index in [0.717, 1.165) is 44.2 Å². The van der Waals surface area contributed by atoms with Crippen molar-refractivity contribution in [3.63, 3.8) is 0 Å². The summed E-state index contributed by atoms with van der Waals surface area (Å²) < 4.78 is 2.16. The van der Waals surface area contributed by atoms with Crippen molar-refractivity contribution in [3.05, 3.63) is 87.6 Å². The van der Waals surface area contributed by atoms with E-state index in [2.05, 4.69) is 9.88 Å². The molecular formula is C26H26N2O2. The Morgan fingerprint density at radius 2 is 1.57 bits per heavy atom. The fourth-order valence-electron chi connectivity index (χ4n) is 3.96. The predicted molar refractivity (Wildman–Crippen MR) is 124 cm³/mol. The maximum absolute atomic E-state index is 13.0. The molecule has 0 aliphatic rings. The average molecular weight is 399 g/mol. The van der Waals surface area contributed by atoms with Gasteiger partial charge in [0.2, 0.25) is 5.91 Å². The Morgan fingerprint density at radius 3 is 2.40 bits per heavy atom. The monoisotopic (exact) mass is 398 g/mol. The summed E-state index contributed by atoms with van der Waals surface area (Å²) >= 11 is 0. The molecule has 30 heavy (non-hydrogen) atoms. The summed E-state index contributed by atoms with van der Waals surface area (Å²) in [6, 6.07) is 19.8. The Bertz CT molecular complexity index is 1320. The van der Waals surface area contributed by atoms with Crippen LogP contribution in [0.1, 0.15) is 29.5 Å². The highest BCUT2D eigenvalue weighted by molar-refractivity contribution is 5.94. The molecule has 3 aromatic carbocycles. The molecule has 0 spiro atoms. The highest BCUT2D eigenvalue weighted by atomic mass is 16.1. The number of para-hydroxylation sites is 1. The summed E-state index contributed by atoms with van der Waals surface area (Å²) in [4.78, 5) is 25.5. The number of amides is 1. The van der Waals surface area contributed by atoms with Crippen LogP contribution in [0.5, 0.6) is 0 Å². The Morgan fingerprint density at radius 1 is 0.867 bits per heavy atom. The molecule has 4 aromatic rings. The number of rotatable bonds is 5. The van der Waals surface area contributed by atoms with Crippen molar-refractivity contribution in [2.45, 2.75) is 40.2 Å². The minimum absolute atomic E-state index is 0.00852. The van der Waals surface area contributed by atoms with E-state index in [1.54, 1.807) is 0 Å². The molecule has 1 N–H and O–H groups in total. The van der Waals surface area contributed by atoms with E-state index in [0.29, 0.717) is 19.4 Å². The van der Waals surface area contributed by atoms with E-state index >= 15 is 0 Å². The van der Waals surface area contributed by atoms with E-state index in [1.165, 1.54) is 0 Å². The molecule has 0 unspecified atom stereocenters. The van der Waals surface area contributed by atoms with E-state index < -0.39 is 0 Å². The van der Waals surface area contributed by atoms with Crippen LogP contribution in [-0.4, -0.2) is 10.5 Å². The zero-order chi connectivity index (χ0) is 21.3. The van der Waals surface area contributed by atoms with Gasteiger partial charge in [0.1, 0.15) is 0 Å². The lowest BCUT2D eigenvalue weighted by Crippen LogP contribution is -2.15. The predicted octanol–water partition coefficient (Wildman–Crippen LogP) is 5.50. The van der Waals surface area contributed by atoms with Gasteiger partial charge in [-0.1, -0.05) is 35.9 Å². The van der Waals surface area contributed by atoms with Crippen LogP contribution in [0, 0.1) is 20.8 Å². The molecule has 0 saturated heterocycles. The van der Waals surface area contributed by atoms with Gasteiger partial charge in [-0.3, -0.25) is 9.59 Å². The number of aryl methyl sites for hydroxylation is 4. The SMILES string of the molecule is Cc1ccc(C)c(NC(=O)CCCn2c3ccccc3c(=O)c3cc(C)ccc32)c1. The summed E-state index contributed by atoms with van der Waals surface area (Å²) in [7, 11) is 0. The molecule has 1 heterocycles. The standard InChI is InChI=1S/C26H26N2O2/c1-17-11-13-24-21(15-17)26(30)20-7-4-5-8-23(20)28(24)14-6-9-25(29)27-22-16-18(2)10-12-19(22)3/h4-5,7-8,10-13,15-16H,6,9,14H2,1-3H3,(H,27,29). The lowest BCUT2D eigenvalue weighted by Gasteiger charge is -2.16. The smallest absolute Gasteiger partial charge is 0.224 e. The number of hydrogen-bond acceptors (Lipinski definition) is 2. The fraction of sp³-hybridized carbons (Fsp3) is 0.231. The van der Waals surface area contributed by atoms with Crippen molar-refractivity contribution >= 4 is 33.4 Å². The van der Waals surface area contributed by atoms with E-state index in [4.69, 9.17) is 0 Å². The Hall–Kier alpha value is -3.40. The molecule has 0 radical (unpaired) electrons. The van der Waals surface area contributed by atoms with Crippen molar-refractivity contribution in [2.24, 2.45) is 0 Å². The summed E-state index contributed by atoms with van der Waals surface area (Å²) in [5.41, 5.74) is 6.00. The third kappa shape index (κ3) is 3.86. The maximum atomic E-state index is 13.0. The zero-order valence-corrected chi connectivity index (χ0v) is 17.7. The first-order chi connectivity index (χ1) is 14.4. The van der Waals surface area contributed by atoms with Crippen LogP contribution in [-0.2, 0) is 11.3 Å². The van der Waals surface area contributed by atoms with Gasteiger partial charge in [-0.25, -0.2) is 0 Å². The Kier molecular flexibility index (Phi) is 5.40. The van der Waals surface area contributed by atoms with Gasteiger partial charge >= 0.3 is 0 Å². The van der Waals surface area contributed by atoms with Gasteiger partial charge in [0.15, 0.2) is 5.43 Å². The molecule has 0 atom stereocenters. The molecular weight excluding hydrogens is 372 g/mol. The molecule has 0 bridgehead atoms. The second kappa shape index (κ2) is 8.15. The molecule has 0 fully saturated rings. The molecule has 1 aromatic heterocycles. The van der Waals surface area contributed by atoms with E-state index in [9.17, 15) is 9.59 Å². The normalized spacial score (nSPS) is 11.2. The molecule has 152 valence electrons. The molecule has 0 aliphatic carbocycles. The summed E-state index contributed by atoms with van der Waals surface area (Å²) in [6.07, 6.45) is 1.10. The first kappa shape index (κ1) is 19.9. The van der Waals surface area contributed by atoms with Gasteiger partial charge in [-0.05, 0) is 68.7 Å². The topological polar surface area (TPSA) is 51.1 Å². The highest BCUT2D eigenvalue weighted by Crippen LogP contribution is 2.21. The lowest BCUT2D eigenvalue weighted by atomic mass is 10.1. The van der Waals surface area contributed by atoms with E-state index in [-0.39, 0.29) is 11.3 Å². The van der Waals surface area contributed by atoms with Crippen molar-refractivity contribution < 1.29 is 4.79 Å². The molecule has 0 saturated carbocycles. The molecule has 4 heteroatoms. The van der Waals surface area contributed by atoms with Crippen LogP contribution in [0.2, 0.25) is 0 Å². The van der Waals surface area contributed by atoms with Crippen molar-refractivity contribution in [2.75, 3.05) is 5.32 Å². The number of hydrogen-bond donors (Lipinski definition) is 1. The number of carbonyl (C=O) groups excluding carboxylic acids is 1. The van der Waals surface area contributed by atoms with Crippen LogP contribution in [0.15, 0.2) is 65.5 Å². The summed E-state index contributed by atoms with van der Waals surface area (Å²) in [6.45, 7) is 6.68. The summed E-state index contributed by atoms with van der Waals surface area (Å²) in [5, 5.41) is 4.48. The minimum atomic E-state index is 0.00852. The van der Waals surface area contributed by atoms with Gasteiger partial charge in [0.25, 0.3) is 0 Å². The van der Waals surface area contributed by atoms with Crippen molar-refractivity contribution in [1.29, 1.82) is 0 Å². The quantitative estimate of drug-likeness (QED) is 0.451. The number of anilines is 1. The van der Waals surface area contributed by atoms with Crippen LogP contribution in [0.25, 0.3) is 21.8 Å². The summed E-state index contributed by atoms with van der Waals surface area (Å²) in [5.74, 6) is 0.00852. The van der Waals surface area contributed by atoms with Crippen molar-refractivity contribution in [1.82, 2.24) is 4.57 Å². The number of aromatic nitrogens is 1. The first-order valence-corrected chi connectivity index (χ1v) is 10.3. The van der Waals surface area contributed by atoms with Gasteiger partial charge in [0.05, 0.1) is 11.0 Å². The molecule has 1 amide bonds. The molecule has 4 rings (SSSR count). The number of fused-ring (bicyclic) bond motifs is 2. The fourth-order valence-corrected chi connectivity index (χ4v) is 3.96. The number of carbonyl (C=O) groups is 1. The first-order valence-electron chi connectivity index (χ1n) is 10.3. The van der Waals surface area contributed by atoms with Gasteiger partial charge in [-0.2, -0.15) is 0 Å². The lowest BCUT2D eigenvalue weighted by molar-refractivity contribution is -0.116. The van der Waals surface area contributed by atoms with Crippen molar-refractivity contribution in [3.8, 4) is 0 Å². The van der Waals surface area contributed by atoms with Crippen LogP contribution in [0.3, 0.4) is 0 Å². The second-order valence-corrected chi connectivity index (χ2v) is 7.99. The van der Waals surface area contributed by atoms with Crippen LogP contribution in [0.4, 0.5) is 5.69 Å². The number of pyridine rings is 1. The van der Waals surface area contributed by atoms with Gasteiger partial charge in [0, 0.05) is 29.4 Å². The number of benzene rings is 3. The molecule has 4 nitrogen and oxygen atoms in total. The third-order valence-electron chi connectivity index (χ3n) is 5.58. The van der Waals surface area contributed by atoms with Crippen LogP contribution < -0.4 is 10.7 Å². The van der Waals surface area contributed by atoms with Gasteiger partial charge < -0.3 is 9.88 Å². The molecule has 0 aliphatic heterocycles. The average Bonchev–Trinajstić information content (AvgIpc) is 2.73. The zero-order valence-electron chi connectivity index (χ0n) is 17.7. The Balaban J connectivity index is 1.59. The largest absolute Gasteiger partial charge is 0.340 e. The minimum Gasteiger partial charge on any atom is -0.340 e. The maximum Gasteiger partial charge on any atom is 0.224 e. The third-order valence-corrected chi connectivity index (χ3v) is 5.58. The van der Waals surface area contributed by atoms with E-state index in [1.807, 2.05) is 81.4 Å². The highest BCUT2D eigenvalue weighted by Gasteiger charge is 2.12. The second-order valence-electron chi connectivity index (χ2n) is 7.99. The van der Waals surface area contributed by atoms with Crippen LogP contribution >= 0.6 is 0 Å². The van der Waals surface area contributed by atoms with Gasteiger partial charge in [-0.15, -0.1) is 0 Å². The number of nitrogens with one attached hydrogen (secondary N) is 1. The Labute approximate surface area is 176 Å².